The Hall–Kier alpha value is -1.65. The lowest BCUT2D eigenvalue weighted by Crippen LogP contribution is -2.47. The van der Waals surface area contributed by atoms with Crippen molar-refractivity contribution >= 4 is 21.6 Å². The number of nitrogens with one attached hydrogen (secondary N) is 1. The molecule has 1 aliphatic rings. The minimum atomic E-state index is 0.308. The summed E-state index contributed by atoms with van der Waals surface area (Å²) in [6, 6.07) is 12.3. The Bertz CT molecular complexity index is 737. The van der Waals surface area contributed by atoms with Gasteiger partial charge in [0, 0.05) is 5.54 Å². The van der Waals surface area contributed by atoms with E-state index in [0.717, 1.165) is 28.6 Å². The molecular formula is C17H18N2OS. The van der Waals surface area contributed by atoms with E-state index in [1.54, 1.807) is 11.3 Å². The summed E-state index contributed by atoms with van der Waals surface area (Å²) in [7, 11) is 0. The monoisotopic (exact) mass is 298 g/mol. The fourth-order valence-corrected chi connectivity index (χ4v) is 3.68. The van der Waals surface area contributed by atoms with E-state index in [2.05, 4.69) is 29.4 Å². The predicted octanol–water partition coefficient (Wildman–Crippen LogP) is 4.59. The number of hydrogen-bond acceptors (Lipinski definition) is 4. The second kappa shape index (κ2) is 4.97. The molecule has 0 atom stereocenters. The Labute approximate surface area is 128 Å². The second-order valence-corrected chi connectivity index (χ2v) is 7.05. The van der Waals surface area contributed by atoms with Crippen molar-refractivity contribution in [2.45, 2.75) is 38.3 Å². The molecule has 2 heterocycles. The fourth-order valence-electron chi connectivity index (χ4n) is 2.75. The van der Waals surface area contributed by atoms with Gasteiger partial charge in [-0.05, 0) is 50.5 Å². The van der Waals surface area contributed by atoms with Crippen LogP contribution in [0, 0.1) is 0 Å². The van der Waals surface area contributed by atoms with E-state index in [1.165, 1.54) is 24.0 Å². The van der Waals surface area contributed by atoms with Crippen LogP contribution in [-0.4, -0.2) is 10.5 Å². The molecule has 2 aromatic heterocycles. The summed E-state index contributed by atoms with van der Waals surface area (Å²) < 4.78 is 7.15. The van der Waals surface area contributed by atoms with Crippen LogP contribution in [0.2, 0.25) is 0 Å². The van der Waals surface area contributed by atoms with Gasteiger partial charge in [0.25, 0.3) is 0 Å². The maximum Gasteiger partial charge on any atom is 0.163 e. The van der Waals surface area contributed by atoms with Gasteiger partial charge in [-0.3, -0.25) is 0 Å². The first-order valence-corrected chi connectivity index (χ1v) is 8.23. The van der Waals surface area contributed by atoms with Gasteiger partial charge in [-0.2, -0.15) is 0 Å². The average Bonchev–Trinajstić information content (AvgIpc) is 3.09. The van der Waals surface area contributed by atoms with Gasteiger partial charge in [0.1, 0.15) is 5.76 Å². The molecule has 3 aromatic rings. The van der Waals surface area contributed by atoms with E-state index in [0.29, 0.717) is 5.54 Å². The average molecular weight is 298 g/mol. The normalized spacial score (nSPS) is 17.0. The Morgan fingerprint density at radius 2 is 2.10 bits per heavy atom. The smallest absolute Gasteiger partial charge is 0.163 e. The maximum atomic E-state index is 5.95. The molecule has 1 N–H and O–H groups in total. The van der Waals surface area contributed by atoms with Gasteiger partial charge in [0.2, 0.25) is 0 Å². The SMILES string of the molecule is CC1(NCc2ccc(-c3nc4ccccc4s3)o2)CCC1. The molecule has 3 nitrogen and oxygen atoms in total. The summed E-state index contributed by atoms with van der Waals surface area (Å²) >= 11 is 1.68. The van der Waals surface area contributed by atoms with Crippen molar-refractivity contribution in [3.05, 3.63) is 42.2 Å². The van der Waals surface area contributed by atoms with Crippen molar-refractivity contribution in [2.75, 3.05) is 0 Å². The highest BCUT2D eigenvalue weighted by atomic mass is 32.1. The summed E-state index contributed by atoms with van der Waals surface area (Å²) in [5.74, 6) is 1.85. The second-order valence-electron chi connectivity index (χ2n) is 6.02. The van der Waals surface area contributed by atoms with Crippen molar-refractivity contribution in [1.29, 1.82) is 0 Å². The Morgan fingerprint density at radius 1 is 1.24 bits per heavy atom. The molecular weight excluding hydrogens is 280 g/mol. The minimum absolute atomic E-state index is 0.308. The topological polar surface area (TPSA) is 38.1 Å². The Balaban J connectivity index is 1.53. The Kier molecular flexibility index (Phi) is 3.08. The molecule has 0 bridgehead atoms. The molecule has 21 heavy (non-hydrogen) atoms. The number of thiazole rings is 1. The molecule has 1 aliphatic carbocycles. The first kappa shape index (κ1) is 13.0. The molecule has 4 heteroatoms. The van der Waals surface area contributed by atoms with Gasteiger partial charge in [-0.15, -0.1) is 11.3 Å². The van der Waals surface area contributed by atoms with Crippen LogP contribution >= 0.6 is 11.3 Å². The molecule has 0 amide bonds. The van der Waals surface area contributed by atoms with Crippen LogP contribution in [0.5, 0.6) is 0 Å². The zero-order valence-corrected chi connectivity index (χ0v) is 12.9. The van der Waals surface area contributed by atoms with E-state index in [9.17, 15) is 0 Å². The highest BCUT2D eigenvalue weighted by Gasteiger charge is 2.31. The van der Waals surface area contributed by atoms with Gasteiger partial charge in [-0.1, -0.05) is 12.1 Å². The fraction of sp³-hybridized carbons (Fsp3) is 0.353. The highest BCUT2D eigenvalue weighted by molar-refractivity contribution is 7.21. The summed E-state index contributed by atoms with van der Waals surface area (Å²) in [6.07, 6.45) is 3.86. The lowest BCUT2D eigenvalue weighted by molar-refractivity contribution is 0.201. The molecule has 108 valence electrons. The van der Waals surface area contributed by atoms with Crippen LogP contribution in [0.4, 0.5) is 0 Å². The number of rotatable bonds is 4. The van der Waals surface area contributed by atoms with Gasteiger partial charge in [0.05, 0.1) is 16.8 Å². The number of fused-ring (bicyclic) bond motifs is 1. The van der Waals surface area contributed by atoms with Gasteiger partial charge < -0.3 is 9.73 Å². The first-order chi connectivity index (χ1) is 10.2. The van der Waals surface area contributed by atoms with Gasteiger partial charge >= 0.3 is 0 Å². The van der Waals surface area contributed by atoms with Gasteiger partial charge in [0.15, 0.2) is 10.8 Å². The van der Waals surface area contributed by atoms with E-state index >= 15 is 0 Å². The van der Waals surface area contributed by atoms with Gasteiger partial charge in [-0.25, -0.2) is 4.98 Å². The lowest BCUT2D eigenvalue weighted by Gasteiger charge is -2.39. The number of benzene rings is 1. The largest absolute Gasteiger partial charge is 0.457 e. The molecule has 0 saturated heterocycles. The van der Waals surface area contributed by atoms with E-state index < -0.39 is 0 Å². The zero-order valence-electron chi connectivity index (χ0n) is 12.1. The third-order valence-electron chi connectivity index (χ3n) is 4.31. The summed E-state index contributed by atoms with van der Waals surface area (Å²) in [4.78, 5) is 4.64. The van der Waals surface area contributed by atoms with Crippen LogP contribution < -0.4 is 5.32 Å². The Morgan fingerprint density at radius 3 is 2.86 bits per heavy atom. The number of furan rings is 1. The quantitative estimate of drug-likeness (QED) is 0.765. The summed E-state index contributed by atoms with van der Waals surface area (Å²) in [5, 5.41) is 4.55. The standard InChI is InChI=1S/C17H18N2OS/c1-17(9-4-10-17)18-11-12-7-8-14(20-12)16-19-13-5-2-3-6-15(13)21-16/h2-3,5-8,18H,4,9-11H2,1H3. The van der Waals surface area contributed by atoms with Crippen molar-refractivity contribution in [3.8, 4) is 10.8 Å². The molecule has 0 unspecified atom stereocenters. The third kappa shape index (κ3) is 2.49. The highest BCUT2D eigenvalue weighted by Crippen LogP contribution is 2.33. The molecule has 0 spiro atoms. The number of para-hydroxylation sites is 1. The van der Waals surface area contributed by atoms with Crippen molar-refractivity contribution in [1.82, 2.24) is 10.3 Å². The van der Waals surface area contributed by atoms with E-state index in [-0.39, 0.29) is 0 Å². The predicted molar refractivity (Wildman–Crippen MR) is 86.4 cm³/mol. The van der Waals surface area contributed by atoms with Crippen LogP contribution in [0.15, 0.2) is 40.8 Å². The molecule has 1 aromatic carbocycles. The van der Waals surface area contributed by atoms with E-state index in [4.69, 9.17) is 4.42 Å². The van der Waals surface area contributed by atoms with Crippen LogP contribution in [0.3, 0.4) is 0 Å². The first-order valence-electron chi connectivity index (χ1n) is 7.42. The van der Waals surface area contributed by atoms with Crippen LogP contribution in [0.1, 0.15) is 31.9 Å². The summed E-state index contributed by atoms with van der Waals surface area (Å²) in [5.41, 5.74) is 1.35. The molecule has 1 fully saturated rings. The zero-order chi connectivity index (χ0) is 14.3. The van der Waals surface area contributed by atoms with Crippen molar-refractivity contribution in [3.63, 3.8) is 0 Å². The summed E-state index contributed by atoms with van der Waals surface area (Å²) in [6.45, 7) is 3.08. The maximum absolute atomic E-state index is 5.95. The third-order valence-corrected chi connectivity index (χ3v) is 5.36. The number of nitrogens with zero attached hydrogens (tertiary/aromatic N) is 1. The minimum Gasteiger partial charge on any atom is -0.457 e. The van der Waals surface area contributed by atoms with E-state index in [1.807, 2.05) is 24.3 Å². The molecule has 4 rings (SSSR count). The number of aromatic nitrogens is 1. The molecule has 1 saturated carbocycles. The number of hydrogen-bond donors (Lipinski definition) is 1. The molecule has 0 aliphatic heterocycles. The lowest BCUT2D eigenvalue weighted by atomic mass is 9.78. The van der Waals surface area contributed by atoms with Crippen LogP contribution in [0.25, 0.3) is 21.0 Å². The molecule has 0 radical (unpaired) electrons. The van der Waals surface area contributed by atoms with Crippen LogP contribution in [-0.2, 0) is 6.54 Å². The van der Waals surface area contributed by atoms with Crippen molar-refractivity contribution < 1.29 is 4.42 Å². The van der Waals surface area contributed by atoms with Crippen molar-refractivity contribution in [2.24, 2.45) is 0 Å².